The van der Waals surface area contributed by atoms with Gasteiger partial charge in [-0.3, -0.25) is 14.9 Å². The lowest BCUT2D eigenvalue weighted by molar-refractivity contribution is -0.121. The molecule has 2 aromatic heterocycles. The normalized spacial score (nSPS) is 12.2. The number of pyridine rings is 1. The van der Waals surface area contributed by atoms with Gasteiger partial charge >= 0.3 is 0 Å². The maximum Gasteiger partial charge on any atom is 0.225 e. The molecule has 0 aromatic carbocycles. The molecule has 0 aliphatic heterocycles. The van der Waals surface area contributed by atoms with Crippen LogP contribution in [0.25, 0.3) is 0 Å². The third-order valence-corrected chi connectivity index (χ3v) is 3.74. The van der Waals surface area contributed by atoms with Gasteiger partial charge in [-0.1, -0.05) is 13.0 Å². The van der Waals surface area contributed by atoms with Crippen molar-refractivity contribution in [2.75, 3.05) is 0 Å². The van der Waals surface area contributed by atoms with Crippen molar-refractivity contribution in [1.82, 2.24) is 20.5 Å². The monoisotopic (exact) mass is 286 g/mol. The predicted molar refractivity (Wildman–Crippen MR) is 81.9 cm³/mol. The SMILES string of the molecule is CC[C@H](NC(=O)Cc1c(C)n[nH]c1C)c1ncccc1C. The highest BCUT2D eigenvalue weighted by Crippen LogP contribution is 2.18. The van der Waals surface area contributed by atoms with E-state index >= 15 is 0 Å². The van der Waals surface area contributed by atoms with Crippen molar-refractivity contribution < 1.29 is 4.79 Å². The van der Waals surface area contributed by atoms with E-state index in [9.17, 15) is 4.79 Å². The Morgan fingerprint density at radius 3 is 2.71 bits per heavy atom. The van der Waals surface area contributed by atoms with Gasteiger partial charge in [0.15, 0.2) is 0 Å². The first-order valence-electron chi connectivity index (χ1n) is 7.24. The zero-order valence-electron chi connectivity index (χ0n) is 13.0. The summed E-state index contributed by atoms with van der Waals surface area (Å²) in [5.74, 6) is -0.000460. The Kier molecular flexibility index (Phi) is 4.73. The average Bonchev–Trinajstić information content (AvgIpc) is 2.77. The fraction of sp³-hybridized carbons (Fsp3) is 0.438. The Labute approximate surface area is 125 Å². The molecule has 2 aromatic rings. The molecule has 0 aliphatic carbocycles. The maximum atomic E-state index is 12.3. The second kappa shape index (κ2) is 6.52. The van der Waals surface area contributed by atoms with E-state index in [4.69, 9.17) is 0 Å². The third-order valence-electron chi connectivity index (χ3n) is 3.74. The summed E-state index contributed by atoms with van der Waals surface area (Å²) in [7, 11) is 0. The minimum atomic E-state index is -0.0498. The van der Waals surface area contributed by atoms with Crippen LogP contribution in [0.3, 0.4) is 0 Å². The first-order chi connectivity index (χ1) is 10.0. The second-order valence-electron chi connectivity index (χ2n) is 5.32. The van der Waals surface area contributed by atoms with Gasteiger partial charge in [0.1, 0.15) is 0 Å². The molecule has 5 nitrogen and oxygen atoms in total. The van der Waals surface area contributed by atoms with Crippen LogP contribution >= 0.6 is 0 Å². The first-order valence-corrected chi connectivity index (χ1v) is 7.24. The predicted octanol–water partition coefficient (Wildman–Crippen LogP) is 2.54. The quantitative estimate of drug-likeness (QED) is 0.887. The molecule has 2 heterocycles. The number of rotatable bonds is 5. The van der Waals surface area contributed by atoms with Gasteiger partial charge in [0.25, 0.3) is 0 Å². The van der Waals surface area contributed by atoms with Crippen LogP contribution in [0.5, 0.6) is 0 Å². The molecule has 0 spiro atoms. The molecule has 0 saturated heterocycles. The van der Waals surface area contributed by atoms with Crippen LogP contribution in [0.15, 0.2) is 18.3 Å². The van der Waals surface area contributed by atoms with Gasteiger partial charge in [-0.05, 0) is 38.8 Å². The lowest BCUT2D eigenvalue weighted by Crippen LogP contribution is -2.30. The van der Waals surface area contributed by atoms with Gasteiger partial charge in [-0.25, -0.2) is 0 Å². The first kappa shape index (κ1) is 15.2. The van der Waals surface area contributed by atoms with Gasteiger partial charge in [0, 0.05) is 17.5 Å². The van der Waals surface area contributed by atoms with E-state index in [0.717, 1.165) is 34.6 Å². The number of aromatic amines is 1. The smallest absolute Gasteiger partial charge is 0.225 e. The Hall–Kier alpha value is -2.17. The van der Waals surface area contributed by atoms with Gasteiger partial charge in [0.2, 0.25) is 5.91 Å². The fourth-order valence-electron chi connectivity index (χ4n) is 2.47. The van der Waals surface area contributed by atoms with E-state index < -0.39 is 0 Å². The molecule has 0 saturated carbocycles. The van der Waals surface area contributed by atoms with Crippen LogP contribution in [0.2, 0.25) is 0 Å². The number of hydrogen-bond acceptors (Lipinski definition) is 3. The van der Waals surface area contributed by atoms with Crippen LogP contribution in [0.1, 0.15) is 47.6 Å². The molecular weight excluding hydrogens is 264 g/mol. The average molecular weight is 286 g/mol. The Bertz CT molecular complexity index is 613. The zero-order valence-corrected chi connectivity index (χ0v) is 13.0. The largest absolute Gasteiger partial charge is 0.347 e. The van der Waals surface area contributed by atoms with Gasteiger partial charge in [-0.15, -0.1) is 0 Å². The summed E-state index contributed by atoms with van der Waals surface area (Å²) < 4.78 is 0. The molecule has 0 bridgehead atoms. The number of carbonyl (C=O) groups excluding carboxylic acids is 1. The molecule has 0 unspecified atom stereocenters. The summed E-state index contributed by atoms with van der Waals surface area (Å²) >= 11 is 0. The number of aryl methyl sites for hydroxylation is 3. The fourth-order valence-corrected chi connectivity index (χ4v) is 2.47. The van der Waals surface area contributed by atoms with Gasteiger partial charge in [0.05, 0.1) is 23.9 Å². The number of nitrogens with zero attached hydrogens (tertiary/aromatic N) is 2. The standard InChI is InChI=1S/C16H22N4O/c1-5-14(16-10(2)7-6-8-17-16)18-15(21)9-13-11(3)19-20-12(13)4/h6-8,14H,5,9H2,1-4H3,(H,18,21)(H,19,20)/t14-/m0/s1. The van der Waals surface area contributed by atoms with Crippen LogP contribution in [0, 0.1) is 20.8 Å². The topological polar surface area (TPSA) is 70.7 Å². The molecule has 0 aliphatic rings. The van der Waals surface area contributed by atoms with Crippen LogP contribution < -0.4 is 5.32 Å². The third kappa shape index (κ3) is 3.48. The number of amides is 1. The van der Waals surface area contributed by atoms with E-state index in [1.54, 1.807) is 6.20 Å². The second-order valence-corrected chi connectivity index (χ2v) is 5.32. The van der Waals surface area contributed by atoms with Gasteiger partial charge in [-0.2, -0.15) is 5.10 Å². The molecule has 1 amide bonds. The van der Waals surface area contributed by atoms with Crippen LogP contribution in [-0.4, -0.2) is 21.1 Å². The molecule has 1 atom stereocenters. The van der Waals surface area contributed by atoms with Crippen LogP contribution in [0.4, 0.5) is 0 Å². The van der Waals surface area contributed by atoms with E-state index in [-0.39, 0.29) is 11.9 Å². The van der Waals surface area contributed by atoms with Crippen molar-refractivity contribution in [2.24, 2.45) is 0 Å². The summed E-state index contributed by atoms with van der Waals surface area (Å²) in [6, 6.07) is 3.87. The molecule has 5 heteroatoms. The van der Waals surface area contributed by atoms with Crippen molar-refractivity contribution in [3.63, 3.8) is 0 Å². The highest BCUT2D eigenvalue weighted by molar-refractivity contribution is 5.79. The molecular formula is C16H22N4O. The van der Waals surface area contributed by atoms with Crippen LogP contribution in [-0.2, 0) is 11.2 Å². The molecule has 0 fully saturated rings. The molecule has 2 rings (SSSR count). The molecule has 112 valence electrons. The summed E-state index contributed by atoms with van der Waals surface area (Å²) in [5.41, 5.74) is 4.84. The van der Waals surface area contributed by atoms with Gasteiger partial charge < -0.3 is 5.32 Å². The summed E-state index contributed by atoms with van der Waals surface area (Å²) in [4.78, 5) is 16.7. The minimum absolute atomic E-state index is 0.000460. The summed E-state index contributed by atoms with van der Waals surface area (Å²) in [6.07, 6.45) is 2.92. The van der Waals surface area contributed by atoms with Crippen molar-refractivity contribution in [3.8, 4) is 0 Å². The van der Waals surface area contributed by atoms with Crippen molar-refractivity contribution >= 4 is 5.91 Å². The number of aromatic nitrogens is 3. The number of nitrogens with one attached hydrogen (secondary N) is 2. The number of H-pyrrole nitrogens is 1. The van der Waals surface area contributed by atoms with E-state index in [0.29, 0.717) is 6.42 Å². The zero-order chi connectivity index (χ0) is 15.4. The lowest BCUT2D eigenvalue weighted by atomic mass is 10.0. The number of carbonyl (C=O) groups is 1. The Morgan fingerprint density at radius 1 is 1.38 bits per heavy atom. The molecule has 2 N–H and O–H groups in total. The highest BCUT2D eigenvalue weighted by Gasteiger charge is 2.18. The maximum absolute atomic E-state index is 12.3. The van der Waals surface area contributed by atoms with Crippen molar-refractivity contribution in [3.05, 3.63) is 46.5 Å². The Balaban J connectivity index is 2.09. The highest BCUT2D eigenvalue weighted by atomic mass is 16.1. The van der Waals surface area contributed by atoms with E-state index in [1.165, 1.54) is 0 Å². The minimum Gasteiger partial charge on any atom is -0.347 e. The van der Waals surface area contributed by atoms with Crippen molar-refractivity contribution in [1.29, 1.82) is 0 Å². The van der Waals surface area contributed by atoms with Crippen molar-refractivity contribution in [2.45, 2.75) is 46.6 Å². The Morgan fingerprint density at radius 2 is 2.14 bits per heavy atom. The lowest BCUT2D eigenvalue weighted by Gasteiger charge is -2.18. The molecule has 0 radical (unpaired) electrons. The van der Waals surface area contributed by atoms with E-state index in [2.05, 4.69) is 20.5 Å². The van der Waals surface area contributed by atoms with E-state index in [1.807, 2.05) is 39.8 Å². The molecule has 21 heavy (non-hydrogen) atoms. The summed E-state index contributed by atoms with van der Waals surface area (Å²) in [5, 5.41) is 10.1. The summed E-state index contributed by atoms with van der Waals surface area (Å²) in [6.45, 7) is 7.91. The number of hydrogen-bond donors (Lipinski definition) is 2.